The van der Waals surface area contributed by atoms with Crippen LogP contribution >= 0.6 is 0 Å². The SMILES string of the molecule is CCn1c(CNC(=O)c2nc3cc[nH]c3nc2N)[n+](CC)c2cc(OCCN(CC(O)C(O)C(O)C(O)CO)CC(O)C(O)C(O)C(O)CO)ccc21. The lowest BCUT2D eigenvalue weighted by atomic mass is 10.0. The Morgan fingerprint density at radius 3 is 2.09 bits per heavy atom. The summed E-state index contributed by atoms with van der Waals surface area (Å²) in [5.74, 6) is 0.731. The Bertz CT molecular complexity index is 1760. The number of aromatic amines is 1. The number of aliphatic hydroxyl groups is 10. The number of aromatic nitrogens is 5. The van der Waals surface area contributed by atoms with Crippen molar-refractivity contribution in [3.05, 3.63) is 42.0 Å². The fourth-order valence-electron chi connectivity index (χ4n) is 6.07. The lowest BCUT2D eigenvalue weighted by Crippen LogP contribution is -2.53. The molecule has 3 aromatic heterocycles. The van der Waals surface area contributed by atoms with E-state index in [4.69, 9.17) is 20.7 Å². The second-order valence-corrected chi connectivity index (χ2v) is 12.6. The second-order valence-electron chi connectivity index (χ2n) is 12.6. The number of hydrogen-bond donors (Lipinski definition) is 13. The zero-order valence-corrected chi connectivity index (χ0v) is 29.5. The molecule has 1 aromatic carbocycles. The summed E-state index contributed by atoms with van der Waals surface area (Å²) in [5.41, 5.74) is 8.65. The van der Waals surface area contributed by atoms with E-state index in [-0.39, 0.29) is 31.2 Å². The monoisotopic (exact) mass is 751 g/mol. The van der Waals surface area contributed by atoms with Gasteiger partial charge in [0.05, 0.1) is 38.5 Å². The highest BCUT2D eigenvalue weighted by atomic mass is 16.5. The van der Waals surface area contributed by atoms with Crippen LogP contribution in [0, 0.1) is 0 Å². The molecule has 8 atom stereocenters. The number of carbonyl (C=O) groups is 1. The molecule has 0 fully saturated rings. The van der Waals surface area contributed by atoms with Crippen molar-refractivity contribution in [3.63, 3.8) is 0 Å². The molecule has 0 aliphatic carbocycles. The van der Waals surface area contributed by atoms with Crippen molar-refractivity contribution >= 4 is 33.9 Å². The number of nitrogens with two attached hydrogens (primary N) is 1. The van der Waals surface area contributed by atoms with E-state index in [2.05, 4.69) is 20.3 Å². The number of nitrogen functional groups attached to an aromatic ring is 1. The highest BCUT2D eigenvalue weighted by molar-refractivity contribution is 5.98. The van der Waals surface area contributed by atoms with E-state index in [0.29, 0.717) is 30.0 Å². The quantitative estimate of drug-likeness (QED) is 0.0356. The van der Waals surface area contributed by atoms with E-state index in [9.17, 15) is 45.6 Å². The number of fused-ring (bicyclic) bond motifs is 2. The van der Waals surface area contributed by atoms with Crippen LogP contribution in [0.4, 0.5) is 5.82 Å². The number of aryl methyl sites for hydroxylation is 2. The molecule has 1 amide bonds. The Kier molecular flexibility index (Phi) is 14.8. The average molecular weight is 752 g/mol. The minimum atomic E-state index is -1.91. The van der Waals surface area contributed by atoms with E-state index in [1.807, 2.05) is 29.0 Å². The van der Waals surface area contributed by atoms with Crippen LogP contribution in [-0.2, 0) is 19.6 Å². The first-order valence-electron chi connectivity index (χ1n) is 17.2. The molecule has 0 bridgehead atoms. The molecule has 0 aliphatic heterocycles. The van der Waals surface area contributed by atoms with E-state index in [1.54, 1.807) is 24.4 Å². The molecule has 0 saturated heterocycles. The number of benzene rings is 1. The third kappa shape index (κ3) is 9.74. The average Bonchev–Trinajstić information content (AvgIpc) is 3.74. The molecule has 0 saturated carbocycles. The number of imidazole rings is 1. The zero-order chi connectivity index (χ0) is 39.0. The normalized spacial score (nSPS) is 16.7. The molecule has 3 heterocycles. The van der Waals surface area contributed by atoms with Gasteiger partial charge in [-0.2, -0.15) is 0 Å². The number of amides is 1. The summed E-state index contributed by atoms with van der Waals surface area (Å²) in [6, 6.07) is 7.09. The maximum absolute atomic E-state index is 13.1. The van der Waals surface area contributed by atoms with Crippen molar-refractivity contribution in [2.24, 2.45) is 0 Å². The van der Waals surface area contributed by atoms with Crippen LogP contribution in [0.15, 0.2) is 30.5 Å². The van der Waals surface area contributed by atoms with Gasteiger partial charge in [0, 0.05) is 31.9 Å². The number of hydrogen-bond acceptors (Lipinski definition) is 16. The Balaban J connectivity index is 1.49. The third-order valence-electron chi connectivity index (χ3n) is 9.03. The van der Waals surface area contributed by atoms with Crippen LogP contribution in [0.1, 0.15) is 30.2 Å². The Morgan fingerprint density at radius 1 is 0.925 bits per heavy atom. The van der Waals surface area contributed by atoms with Crippen molar-refractivity contribution in [2.45, 2.75) is 82.3 Å². The number of nitrogens with one attached hydrogen (secondary N) is 2. The summed E-state index contributed by atoms with van der Waals surface area (Å²) in [5, 5.41) is 103. The predicted octanol–water partition coefficient (Wildman–Crippen LogP) is -4.70. The number of rotatable bonds is 21. The predicted molar refractivity (Wildman–Crippen MR) is 187 cm³/mol. The molecule has 4 aromatic rings. The zero-order valence-electron chi connectivity index (χ0n) is 29.5. The molecule has 4 rings (SSSR count). The highest BCUT2D eigenvalue weighted by Crippen LogP contribution is 2.22. The molecular weight excluding hydrogens is 700 g/mol. The standard InChI is InChI=1S/C33H50N8O12/c1-3-40-19-6-5-17(11-20(19)41(4-2)25(40)12-36-33(52)26-31(34)38-32-18(37-26)7-8-35-32)53-10-9-39(13-21(44)27(48)29(50)23(46)15-42)14-22(45)28(49)30(51)24(47)16-43/h5-8,11,21-24,27-30,42-51H,3-4,9-10,12-16H2,1-2H3,(H3-,34,35,36,37,38,52)/p+1. The maximum Gasteiger partial charge on any atom is 0.277 e. The summed E-state index contributed by atoms with van der Waals surface area (Å²) in [6.45, 7) is 2.47. The number of H-pyrrole nitrogens is 1. The molecule has 0 spiro atoms. The topological polar surface area (TPSA) is 320 Å². The Morgan fingerprint density at radius 2 is 1.53 bits per heavy atom. The Labute approximate surface area is 304 Å². The summed E-state index contributed by atoms with van der Waals surface area (Å²) < 4.78 is 10.1. The number of anilines is 1. The Hall–Kier alpha value is -4.06. The molecule has 14 N–H and O–H groups in total. The molecule has 294 valence electrons. The van der Waals surface area contributed by atoms with Gasteiger partial charge in [0.15, 0.2) is 28.2 Å². The minimum absolute atomic E-state index is 0.00551. The molecular formula is C33H51N8O12+. The molecule has 8 unspecified atom stereocenters. The highest BCUT2D eigenvalue weighted by Gasteiger charge is 2.34. The van der Waals surface area contributed by atoms with Gasteiger partial charge in [-0.15, -0.1) is 0 Å². The molecule has 53 heavy (non-hydrogen) atoms. The van der Waals surface area contributed by atoms with Gasteiger partial charge < -0.3 is 71.8 Å². The van der Waals surface area contributed by atoms with Crippen LogP contribution < -0.4 is 20.4 Å². The lowest BCUT2D eigenvalue weighted by molar-refractivity contribution is -0.676. The van der Waals surface area contributed by atoms with Crippen LogP contribution in [0.5, 0.6) is 5.75 Å². The van der Waals surface area contributed by atoms with Crippen molar-refractivity contribution in [2.75, 3.05) is 45.2 Å². The lowest BCUT2D eigenvalue weighted by Gasteiger charge is -2.33. The summed E-state index contributed by atoms with van der Waals surface area (Å²) in [6.07, 6.45) is -12.9. The van der Waals surface area contributed by atoms with Crippen molar-refractivity contribution in [1.82, 2.24) is 29.7 Å². The smallest absolute Gasteiger partial charge is 0.277 e. The van der Waals surface area contributed by atoms with E-state index in [0.717, 1.165) is 16.9 Å². The second kappa shape index (κ2) is 18.8. The number of nitrogens with zero attached hydrogens (tertiary/aromatic N) is 5. The largest absolute Gasteiger partial charge is 0.492 e. The van der Waals surface area contributed by atoms with Gasteiger partial charge in [-0.05, 0) is 32.0 Å². The number of carbonyl (C=O) groups excluding carboxylic acids is 1. The van der Waals surface area contributed by atoms with Gasteiger partial charge in [0.1, 0.15) is 61.0 Å². The van der Waals surface area contributed by atoms with E-state index < -0.39 is 81.0 Å². The number of aliphatic hydroxyl groups excluding tert-OH is 10. The van der Waals surface area contributed by atoms with Gasteiger partial charge in [0.2, 0.25) is 0 Å². The van der Waals surface area contributed by atoms with Crippen LogP contribution in [0.25, 0.3) is 22.2 Å². The first-order chi connectivity index (χ1) is 25.3. The van der Waals surface area contributed by atoms with E-state index >= 15 is 0 Å². The maximum atomic E-state index is 13.1. The third-order valence-corrected chi connectivity index (χ3v) is 9.03. The molecule has 0 radical (unpaired) electrons. The molecule has 0 aliphatic rings. The van der Waals surface area contributed by atoms with Gasteiger partial charge >= 0.3 is 0 Å². The molecule has 20 heteroatoms. The minimum Gasteiger partial charge on any atom is -0.492 e. The van der Waals surface area contributed by atoms with Gasteiger partial charge in [-0.3, -0.25) is 9.69 Å². The van der Waals surface area contributed by atoms with Gasteiger partial charge in [-0.1, -0.05) is 0 Å². The van der Waals surface area contributed by atoms with Crippen molar-refractivity contribution in [1.29, 1.82) is 0 Å². The van der Waals surface area contributed by atoms with Crippen LogP contribution in [0.3, 0.4) is 0 Å². The fourth-order valence-corrected chi connectivity index (χ4v) is 6.07. The van der Waals surface area contributed by atoms with Crippen LogP contribution in [0.2, 0.25) is 0 Å². The van der Waals surface area contributed by atoms with Crippen LogP contribution in [-0.4, -0.2) is 170 Å². The fraction of sp³-hybridized carbons (Fsp3) is 0.576. The van der Waals surface area contributed by atoms with Gasteiger partial charge in [0.25, 0.3) is 11.7 Å². The first kappa shape index (κ1) is 41.7. The summed E-state index contributed by atoms with van der Waals surface area (Å²) in [4.78, 5) is 25.9. The first-order valence-corrected chi connectivity index (χ1v) is 17.2. The van der Waals surface area contributed by atoms with Crippen molar-refractivity contribution < 1.29 is 65.2 Å². The molecule has 20 nitrogen and oxygen atoms in total. The van der Waals surface area contributed by atoms with E-state index in [1.165, 1.54) is 4.90 Å². The number of ether oxygens (including phenoxy) is 1. The van der Waals surface area contributed by atoms with Crippen molar-refractivity contribution in [3.8, 4) is 5.75 Å². The van der Waals surface area contributed by atoms with Gasteiger partial charge in [-0.25, -0.2) is 19.1 Å². The summed E-state index contributed by atoms with van der Waals surface area (Å²) >= 11 is 0. The summed E-state index contributed by atoms with van der Waals surface area (Å²) in [7, 11) is 0.